The maximum atomic E-state index is 3.90. The molecule has 2 heteroatoms. The first-order chi connectivity index (χ1) is 5.25. The molecule has 1 aliphatic rings. The molecule has 1 N–H and O–H groups in total. The van der Waals surface area contributed by atoms with Gasteiger partial charge in [-0.05, 0) is 6.08 Å². The van der Waals surface area contributed by atoms with Gasteiger partial charge in [0.25, 0.3) is 0 Å². The van der Waals surface area contributed by atoms with Crippen LogP contribution in [-0.4, -0.2) is 25.0 Å². The van der Waals surface area contributed by atoms with E-state index in [4.69, 9.17) is 0 Å². The first kappa shape index (κ1) is 7.92. The van der Waals surface area contributed by atoms with Crippen LogP contribution in [0.1, 0.15) is 0 Å². The summed E-state index contributed by atoms with van der Waals surface area (Å²) in [6, 6.07) is 0. The monoisotopic (exact) mass is 150 g/mol. The Bertz CT molecular complexity index is 204. The molecule has 0 unspecified atom stereocenters. The summed E-state index contributed by atoms with van der Waals surface area (Å²) in [6.07, 6.45) is 3.75. The first-order valence-corrected chi connectivity index (χ1v) is 3.72. The van der Waals surface area contributed by atoms with Gasteiger partial charge in [0.2, 0.25) is 0 Å². The second-order valence-corrected chi connectivity index (χ2v) is 2.61. The second kappa shape index (κ2) is 3.28. The van der Waals surface area contributed by atoms with Crippen molar-refractivity contribution in [2.24, 2.45) is 0 Å². The van der Waals surface area contributed by atoms with Gasteiger partial charge in [-0.15, -0.1) is 0 Å². The molecule has 1 fully saturated rings. The third kappa shape index (κ3) is 1.64. The lowest BCUT2D eigenvalue weighted by Gasteiger charge is -2.30. The number of nitrogens with one attached hydrogen (secondary N) is 1. The summed E-state index contributed by atoms with van der Waals surface area (Å²) in [5.41, 5.74) is 2.12. The van der Waals surface area contributed by atoms with Gasteiger partial charge in [-0.2, -0.15) is 0 Å². The molecule has 0 bridgehead atoms. The van der Waals surface area contributed by atoms with Crippen molar-refractivity contribution in [3.8, 4) is 0 Å². The third-order valence-corrected chi connectivity index (χ3v) is 1.78. The highest BCUT2D eigenvalue weighted by Crippen LogP contribution is 2.12. The van der Waals surface area contributed by atoms with E-state index in [0.29, 0.717) is 0 Å². The average molecular weight is 150 g/mol. The smallest absolute Gasteiger partial charge is 0.0593 e. The van der Waals surface area contributed by atoms with Gasteiger partial charge in [0.15, 0.2) is 0 Å². The molecule has 1 rings (SSSR count). The van der Waals surface area contributed by atoms with Crippen LogP contribution in [-0.2, 0) is 0 Å². The van der Waals surface area contributed by atoms with Crippen molar-refractivity contribution < 1.29 is 0 Å². The number of hydrogen-bond donors (Lipinski definition) is 1. The summed E-state index contributed by atoms with van der Waals surface area (Å²) in [5, 5.41) is 3.20. The molecule has 2 nitrogen and oxygen atoms in total. The largest absolute Gasteiger partial charge is 0.382 e. The van der Waals surface area contributed by atoms with Crippen molar-refractivity contribution in [3.63, 3.8) is 0 Å². The molecule has 0 spiro atoms. The lowest BCUT2D eigenvalue weighted by molar-refractivity contribution is 0.386. The van der Waals surface area contributed by atoms with E-state index in [1.54, 1.807) is 6.08 Å². The minimum absolute atomic E-state index is 0.976. The van der Waals surface area contributed by atoms with E-state index in [0.717, 1.165) is 24.5 Å². The van der Waals surface area contributed by atoms with Crippen LogP contribution in [0, 0.1) is 0 Å². The summed E-state index contributed by atoms with van der Waals surface area (Å²) in [4.78, 5) is 2.17. The Labute approximate surface area is 67.9 Å². The summed E-state index contributed by atoms with van der Waals surface area (Å²) in [7, 11) is 2.06. The molecule has 11 heavy (non-hydrogen) atoms. The van der Waals surface area contributed by atoms with Crippen LogP contribution in [0.4, 0.5) is 0 Å². The molecule has 0 radical (unpaired) electrons. The van der Waals surface area contributed by atoms with Gasteiger partial charge in [-0.25, -0.2) is 0 Å². The standard InChI is InChI=1S/C9H14N2/c1-4-5-9-8(2)10-6-7-11(9)3/h4-5,10H,1-2,6-7H2,3H3/b9-5+. The predicted molar refractivity (Wildman–Crippen MR) is 48.1 cm³/mol. The lowest BCUT2D eigenvalue weighted by Crippen LogP contribution is -2.37. The van der Waals surface area contributed by atoms with E-state index in [2.05, 4.69) is 30.4 Å². The number of piperazine rings is 1. The molecule has 1 heterocycles. The highest BCUT2D eigenvalue weighted by molar-refractivity contribution is 5.30. The van der Waals surface area contributed by atoms with Crippen LogP contribution in [0.15, 0.2) is 36.7 Å². The van der Waals surface area contributed by atoms with Crippen molar-refractivity contribution in [2.75, 3.05) is 20.1 Å². The molecule has 0 aromatic heterocycles. The number of rotatable bonds is 1. The van der Waals surface area contributed by atoms with Crippen molar-refractivity contribution in [1.29, 1.82) is 0 Å². The van der Waals surface area contributed by atoms with Gasteiger partial charge in [0.1, 0.15) is 0 Å². The van der Waals surface area contributed by atoms with Crippen molar-refractivity contribution >= 4 is 0 Å². The summed E-state index contributed by atoms with van der Waals surface area (Å²) in [5.74, 6) is 0. The van der Waals surface area contributed by atoms with Crippen LogP contribution in [0.2, 0.25) is 0 Å². The molecule has 0 saturated carbocycles. The molecule has 0 amide bonds. The van der Waals surface area contributed by atoms with Crippen molar-refractivity contribution in [1.82, 2.24) is 10.2 Å². The van der Waals surface area contributed by atoms with Gasteiger partial charge in [0, 0.05) is 20.1 Å². The molecule has 1 saturated heterocycles. The van der Waals surface area contributed by atoms with Crippen LogP contribution in [0.5, 0.6) is 0 Å². The third-order valence-electron chi connectivity index (χ3n) is 1.78. The summed E-state index contributed by atoms with van der Waals surface area (Å²) >= 11 is 0. The van der Waals surface area contributed by atoms with Crippen molar-refractivity contribution in [3.05, 3.63) is 36.7 Å². The quantitative estimate of drug-likeness (QED) is 0.602. The van der Waals surface area contributed by atoms with Gasteiger partial charge in [-0.1, -0.05) is 19.2 Å². The normalized spacial score (nSPS) is 21.7. The molecule has 0 atom stereocenters. The van der Waals surface area contributed by atoms with E-state index in [1.807, 2.05) is 6.08 Å². The Morgan fingerprint density at radius 1 is 1.64 bits per heavy atom. The zero-order valence-corrected chi connectivity index (χ0v) is 6.93. The van der Waals surface area contributed by atoms with E-state index < -0.39 is 0 Å². The molecule has 0 aromatic carbocycles. The fourth-order valence-corrected chi connectivity index (χ4v) is 1.16. The number of likely N-dealkylation sites (N-methyl/N-ethyl adjacent to an activating group) is 1. The Kier molecular flexibility index (Phi) is 2.36. The Morgan fingerprint density at radius 3 is 2.91 bits per heavy atom. The maximum absolute atomic E-state index is 3.90. The fourth-order valence-electron chi connectivity index (χ4n) is 1.16. The number of allylic oxidation sites excluding steroid dienone is 2. The number of hydrogen-bond acceptors (Lipinski definition) is 2. The number of nitrogens with zero attached hydrogens (tertiary/aromatic N) is 1. The molecular formula is C9H14N2. The van der Waals surface area contributed by atoms with E-state index >= 15 is 0 Å². The van der Waals surface area contributed by atoms with Crippen molar-refractivity contribution in [2.45, 2.75) is 0 Å². The van der Waals surface area contributed by atoms with E-state index in [9.17, 15) is 0 Å². The molecule has 0 aliphatic carbocycles. The summed E-state index contributed by atoms with van der Waals surface area (Å²) in [6.45, 7) is 9.55. The van der Waals surface area contributed by atoms with Gasteiger partial charge in [-0.3, -0.25) is 0 Å². The Hall–Kier alpha value is -1.18. The fraction of sp³-hybridized carbons (Fsp3) is 0.333. The molecular weight excluding hydrogens is 136 g/mol. The predicted octanol–water partition coefficient (Wildman–Crippen LogP) is 1.10. The first-order valence-electron chi connectivity index (χ1n) is 3.72. The topological polar surface area (TPSA) is 15.3 Å². The zero-order chi connectivity index (χ0) is 8.27. The van der Waals surface area contributed by atoms with E-state index in [1.165, 1.54) is 0 Å². The van der Waals surface area contributed by atoms with Crippen LogP contribution >= 0.6 is 0 Å². The Morgan fingerprint density at radius 2 is 2.36 bits per heavy atom. The average Bonchev–Trinajstić information content (AvgIpc) is 1.97. The minimum Gasteiger partial charge on any atom is -0.382 e. The summed E-state index contributed by atoms with van der Waals surface area (Å²) < 4.78 is 0. The molecule has 60 valence electrons. The van der Waals surface area contributed by atoms with Crippen LogP contribution in [0.25, 0.3) is 0 Å². The maximum Gasteiger partial charge on any atom is 0.0593 e. The van der Waals surface area contributed by atoms with Gasteiger partial charge >= 0.3 is 0 Å². The van der Waals surface area contributed by atoms with Gasteiger partial charge < -0.3 is 10.2 Å². The highest BCUT2D eigenvalue weighted by Gasteiger charge is 2.11. The zero-order valence-electron chi connectivity index (χ0n) is 6.93. The van der Waals surface area contributed by atoms with E-state index in [-0.39, 0.29) is 0 Å². The Balaban J connectivity index is 2.78. The van der Waals surface area contributed by atoms with Crippen LogP contribution in [0.3, 0.4) is 0 Å². The van der Waals surface area contributed by atoms with Gasteiger partial charge in [0.05, 0.1) is 11.4 Å². The lowest BCUT2D eigenvalue weighted by atomic mass is 10.2. The molecule has 0 aromatic rings. The molecule has 1 aliphatic heterocycles. The highest BCUT2D eigenvalue weighted by atomic mass is 15.2. The second-order valence-electron chi connectivity index (χ2n) is 2.61. The minimum atomic E-state index is 0.976. The SMILES string of the molecule is C=C/C=C1\C(=C)NCCN1C. The van der Waals surface area contributed by atoms with Crippen LogP contribution < -0.4 is 5.32 Å².